The zero-order chi connectivity index (χ0) is 13.3. The van der Waals surface area contributed by atoms with E-state index in [-0.39, 0.29) is 13.2 Å². The lowest BCUT2D eigenvalue weighted by Crippen LogP contribution is -2.42. The molecule has 0 fully saturated rings. The highest BCUT2D eigenvalue weighted by molar-refractivity contribution is 6.03. The standard InChI is InChI=1S/C12H13FO4/c1-4-6-8-16-10(14)12(3,13)11(15)17-9-7-5-2/h8-9H2,1-3H3. The summed E-state index contributed by atoms with van der Waals surface area (Å²) in [4.78, 5) is 22.4. The van der Waals surface area contributed by atoms with E-state index in [1.807, 2.05) is 0 Å². The lowest BCUT2D eigenvalue weighted by atomic mass is 10.1. The van der Waals surface area contributed by atoms with Crippen molar-refractivity contribution in [2.24, 2.45) is 0 Å². The minimum atomic E-state index is -2.84. The van der Waals surface area contributed by atoms with Gasteiger partial charge in [0.2, 0.25) is 0 Å². The first-order valence-corrected chi connectivity index (χ1v) is 4.79. The highest BCUT2D eigenvalue weighted by atomic mass is 19.1. The third-order valence-corrected chi connectivity index (χ3v) is 1.67. The van der Waals surface area contributed by atoms with Crippen LogP contribution in [0.15, 0.2) is 0 Å². The number of esters is 2. The SMILES string of the molecule is CC#CCOC(=O)C(C)(F)C(=O)OCC#CC. The van der Waals surface area contributed by atoms with Crippen molar-refractivity contribution in [3.8, 4) is 23.7 Å². The lowest BCUT2D eigenvalue weighted by Gasteiger charge is -2.15. The molecule has 0 aromatic rings. The summed E-state index contributed by atoms with van der Waals surface area (Å²) in [6.07, 6.45) is 0. The average molecular weight is 240 g/mol. The molecule has 0 aromatic carbocycles. The van der Waals surface area contributed by atoms with Crippen molar-refractivity contribution in [2.45, 2.75) is 26.4 Å². The van der Waals surface area contributed by atoms with Gasteiger partial charge < -0.3 is 9.47 Å². The Morgan fingerprint density at radius 1 is 1.06 bits per heavy atom. The maximum Gasteiger partial charge on any atom is 0.356 e. The van der Waals surface area contributed by atoms with E-state index >= 15 is 0 Å². The molecule has 0 unspecified atom stereocenters. The van der Waals surface area contributed by atoms with Crippen molar-refractivity contribution >= 4 is 11.9 Å². The van der Waals surface area contributed by atoms with E-state index in [0.717, 1.165) is 6.92 Å². The van der Waals surface area contributed by atoms with E-state index in [1.165, 1.54) is 0 Å². The molecule has 0 atom stereocenters. The van der Waals surface area contributed by atoms with Crippen LogP contribution >= 0.6 is 0 Å². The molecule has 0 saturated heterocycles. The Morgan fingerprint density at radius 2 is 1.41 bits per heavy atom. The van der Waals surface area contributed by atoms with E-state index in [2.05, 4.69) is 33.2 Å². The smallest absolute Gasteiger partial charge is 0.356 e. The van der Waals surface area contributed by atoms with Gasteiger partial charge in [0.1, 0.15) is 0 Å². The average Bonchev–Trinajstić information content (AvgIpc) is 2.29. The van der Waals surface area contributed by atoms with Gasteiger partial charge in [0.25, 0.3) is 5.67 Å². The Bertz CT molecular complexity index is 366. The summed E-state index contributed by atoms with van der Waals surface area (Å²) in [6.45, 7) is 3.32. The number of carbonyl (C=O) groups excluding carboxylic acids is 2. The number of hydrogen-bond donors (Lipinski definition) is 0. The second-order valence-corrected chi connectivity index (χ2v) is 3.01. The first-order chi connectivity index (χ1) is 7.96. The molecular weight excluding hydrogens is 227 g/mol. The number of alkyl halides is 1. The topological polar surface area (TPSA) is 52.6 Å². The van der Waals surface area contributed by atoms with Gasteiger partial charge in [-0.25, -0.2) is 14.0 Å². The van der Waals surface area contributed by atoms with Crippen molar-refractivity contribution in [1.82, 2.24) is 0 Å². The fourth-order valence-corrected chi connectivity index (χ4v) is 0.702. The number of carbonyl (C=O) groups is 2. The molecule has 0 aliphatic carbocycles. The van der Waals surface area contributed by atoms with Crippen molar-refractivity contribution in [1.29, 1.82) is 0 Å². The predicted octanol–water partition coefficient (Wildman–Crippen LogP) is 0.848. The Morgan fingerprint density at radius 3 is 1.71 bits per heavy atom. The molecule has 0 heterocycles. The largest absolute Gasteiger partial charge is 0.450 e. The Balaban J connectivity index is 4.38. The summed E-state index contributed by atoms with van der Waals surface area (Å²) in [5, 5.41) is 0. The van der Waals surface area contributed by atoms with Crippen molar-refractivity contribution < 1.29 is 23.5 Å². The molecule has 0 N–H and O–H groups in total. The molecule has 5 heteroatoms. The zero-order valence-electron chi connectivity index (χ0n) is 9.93. The van der Waals surface area contributed by atoms with Crippen LogP contribution in [-0.4, -0.2) is 30.8 Å². The molecule has 0 bridgehead atoms. The van der Waals surface area contributed by atoms with Crippen molar-refractivity contribution in [3.05, 3.63) is 0 Å². The highest BCUT2D eigenvalue weighted by Gasteiger charge is 2.45. The van der Waals surface area contributed by atoms with Crippen LogP contribution in [0.4, 0.5) is 4.39 Å². The molecular formula is C12H13FO4. The predicted molar refractivity (Wildman–Crippen MR) is 58.3 cm³/mol. The van der Waals surface area contributed by atoms with Gasteiger partial charge in [-0.1, -0.05) is 11.8 Å². The van der Waals surface area contributed by atoms with Gasteiger partial charge in [0.05, 0.1) is 0 Å². The van der Waals surface area contributed by atoms with Gasteiger partial charge in [-0.05, 0) is 20.8 Å². The van der Waals surface area contributed by atoms with E-state index in [9.17, 15) is 14.0 Å². The first kappa shape index (κ1) is 15.0. The van der Waals surface area contributed by atoms with E-state index in [4.69, 9.17) is 0 Å². The minimum absolute atomic E-state index is 0.267. The van der Waals surface area contributed by atoms with Gasteiger partial charge in [-0.2, -0.15) is 0 Å². The number of rotatable bonds is 4. The maximum absolute atomic E-state index is 13.7. The van der Waals surface area contributed by atoms with Gasteiger partial charge in [0, 0.05) is 0 Å². The Kier molecular flexibility index (Phi) is 6.43. The molecule has 0 spiro atoms. The second-order valence-electron chi connectivity index (χ2n) is 3.01. The normalized spacial score (nSPS) is 9.18. The van der Waals surface area contributed by atoms with Gasteiger partial charge in [-0.15, -0.1) is 11.8 Å². The van der Waals surface area contributed by atoms with Crippen LogP contribution in [0, 0.1) is 23.7 Å². The second kappa shape index (κ2) is 7.29. The fourth-order valence-electron chi connectivity index (χ4n) is 0.702. The molecule has 0 aliphatic rings. The van der Waals surface area contributed by atoms with Crippen LogP contribution in [0.5, 0.6) is 0 Å². The monoisotopic (exact) mass is 240 g/mol. The number of ether oxygens (including phenoxy) is 2. The molecule has 0 saturated carbocycles. The molecule has 0 aliphatic heterocycles. The van der Waals surface area contributed by atoms with E-state index < -0.39 is 17.6 Å². The molecule has 17 heavy (non-hydrogen) atoms. The van der Waals surface area contributed by atoms with Crippen LogP contribution in [0.2, 0.25) is 0 Å². The van der Waals surface area contributed by atoms with Gasteiger partial charge in [-0.3, -0.25) is 0 Å². The molecule has 92 valence electrons. The quantitative estimate of drug-likeness (QED) is 0.415. The van der Waals surface area contributed by atoms with Crippen LogP contribution in [0.25, 0.3) is 0 Å². The maximum atomic E-state index is 13.7. The molecule has 4 nitrogen and oxygen atoms in total. The summed E-state index contributed by atoms with van der Waals surface area (Å²) in [5.74, 6) is 7.09. The van der Waals surface area contributed by atoms with Crippen LogP contribution in [-0.2, 0) is 19.1 Å². The molecule has 0 rings (SSSR count). The Hall–Kier alpha value is -2.01. The number of halogens is 1. The number of hydrogen-bond acceptors (Lipinski definition) is 4. The van der Waals surface area contributed by atoms with E-state index in [0.29, 0.717) is 0 Å². The van der Waals surface area contributed by atoms with Crippen LogP contribution in [0.1, 0.15) is 20.8 Å². The summed E-state index contributed by atoms with van der Waals surface area (Å²) < 4.78 is 22.6. The van der Waals surface area contributed by atoms with Crippen molar-refractivity contribution in [2.75, 3.05) is 13.2 Å². The van der Waals surface area contributed by atoms with Gasteiger partial charge in [0.15, 0.2) is 13.2 Å². The zero-order valence-corrected chi connectivity index (χ0v) is 9.93. The summed E-state index contributed by atoms with van der Waals surface area (Å²) in [6, 6.07) is 0. The summed E-state index contributed by atoms with van der Waals surface area (Å²) in [7, 11) is 0. The highest BCUT2D eigenvalue weighted by Crippen LogP contribution is 2.14. The lowest BCUT2D eigenvalue weighted by molar-refractivity contribution is -0.171. The summed E-state index contributed by atoms with van der Waals surface area (Å²) in [5.41, 5.74) is -2.84. The third kappa shape index (κ3) is 5.03. The molecule has 0 aromatic heterocycles. The molecule has 0 radical (unpaired) electrons. The van der Waals surface area contributed by atoms with Crippen molar-refractivity contribution in [3.63, 3.8) is 0 Å². The summed E-state index contributed by atoms with van der Waals surface area (Å²) >= 11 is 0. The fraction of sp³-hybridized carbons (Fsp3) is 0.500. The van der Waals surface area contributed by atoms with Gasteiger partial charge >= 0.3 is 11.9 Å². The Labute approximate surface area is 99.5 Å². The third-order valence-electron chi connectivity index (χ3n) is 1.67. The minimum Gasteiger partial charge on any atom is -0.450 e. The van der Waals surface area contributed by atoms with Crippen LogP contribution in [0.3, 0.4) is 0 Å². The first-order valence-electron chi connectivity index (χ1n) is 4.79. The van der Waals surface area contributed by atoms with E-state index in [1.54, 1.807) is 13.8 Å². The van der Waals surface area contributed by atoms with Crippen LogP contribution < -0.4 is 0 Å². The molecule has 0 amide bonds.